The average Bonchev–Trinajstić information content (AvgIpc) is 3.23. The first kappa shape index (κ1) is 31.8. The molecule has 7 nitrogen and oxygen atoms in total. The average molecular weight is 653 g/mol. The molecule has 0 spiro atoms. The van der Waals surface area contributed by atoms with Crippen molar-refractivity contribution in [2.75, 3.05) is 10.8 Å². The molecule has 10 heteroatoms. The van der Waals surface area contributed by atoms with Crippen LogP contribution in [0.1, 0.15) is 44.2 Å². The van der Waals surface area contributed by atoms with Gasteiger partial charge in [-0.2, -0.15) is 0 Å². The number of hydrogen-bond acceptors (Lipinski definition) is 4. The molecule has 0 aliphatic carbocycles. The molecule has 5 rings (SSSR count). The van der Waals surface area contributed by atoms with E-state index in [9.17, 15) is 18.0 Å². The number of nitrogens with one attached hydrogen (secondary N) is 1. The maximum atomic E-state index is 14.1. The van der Waals surface area contributed by atoms with Crippen LogP contribution in [-0.2, 0) is 32.6 Å². The highest BCUT2D eigenvalue weighted by Crippen LogP contribution is 2.42. The quantitative estimate of drug-likeness (QED) is 0.179. The molecule has 0 aromatic heterocycles. The fourth-order valence-electron chi connectivity index (χ4n) is 5.54. The number of halogens is 2. The zero-order valence-corrected chi connectivity index (χ0v) is 27.0. The molecule has 1 aliphatic heterocycles. The summed E-state index contributed by atoms with van der Waals surface area (Å²) < 4.78 is 28.3. The molecule has 0 unspecified atom stereocenters. The van der Waals surface area contributed by atoms with Crippen LogP contribution in [0.3, 0.4) is 0 Å². The minimum atomic E-state index is -3.75. The molecular weight excluding hydrogens is 617 g/mol. The lowest BCUT2D eigenvalue weighted by molar-refractivity contribution is -0.141. The van der Waals surface area contributed by atoms with E-state index in [1.807, 2.05) is 62.4 Å². The van der Waals surface area contributed by atoms with Crippen molar-refractivity contribution in [2.45, 2.75) is 63.1 Å². The number of hydrogen-bond donors (Lipinski definition) is 1. The second-order valence-corrected chi connectivity index (χ2v) is 13.8. The molecule has 2 amide bonds. The Morgan fingerprint density at radius 3 is 2.39 bits per heavy atom. The van der Waals surface area contributed by atoms with Gasteiger partial charge in [0.2, 0.25) is 11.8 Å². The van der Waals surface area contributed by atoms with Crippen molar-refractivity contribution in [3.63, 3.8) is 0 Å². The molecule has 44 heavy (non-hydrogen) atoms. The third kappa shape index (κ3) is 6.72. The van der Waals surface area contributed by atoms with E-state index in [1.54, 1.807) is 41.3 Å². The second kappa shape index (κ2) is 13.6. The fourth-order valence-corrected chi connectivity index (χ4v) is 7.76. The van der Waals surface area contributed by atoms with Crippen LogP contribution in [0, 0.1) is 0 Å². The molecule has 0 fully saturated rings. The van der Waals surface area contributed by atoms with Gasteiger partial charge in [-0.25, -0.2) is 8.42 Å². The number of carbonyl (C=O) groups excluding carboxylic acids is 2. The molecule has 0 saturated heterocycles. The van der Waals surface area contributed by atoms with E-state index < -0.39 is 16.1 Å². The lowest BCUT2D eigenvalue weighted by Crippen LogP contribution is -2.52. The minimum Gasteiger partial charge on any atom is -0.352 e. The summed E-state index contributed by atoms with van der Waals surface area (Å²) in [5.74, 6) is -0.533. The van der Waals surface area contributed by atoms with Crippen molar-refractivity contribution >= 4 is 61.5 Å². The van der Waals surface area contributed by atoms with Gasteiger partial charge in [0.15, 0.2) is 0 Å². The van der Waals surface area contributed by atoms with Gasteiger partial charge in [-0.15, -0.1) is 0 Å². The van der Waals surface area contributed by atoms with E-state index in [0.717, 1.165) is 17.4 Å². The predicted octanol–water partition coefficient (Wildman–Crippen LogP) is 6.99. The van der Waals surface area contributed by atoms with Crippen molar-refractivity contribution in [1.29, 1.82) is 0 Å². The summed E-state index contributed by atoms with van der Waals surface area (Å²) >= 11 is 12.7. The number of anilines is 1. The monoisotopic (exact) mass is 651 g/mol. The third-order valence-corrected chi connectivity index (χ3v) is 10.5. The van der Waals surface area contributed by atoms with Crippen LogP contribution in [-0.4, -0.2) is 43.8 Å². The van der Waals surface area contributed by atoms with Gasteiger partial charge in [-0.3, -0.25) is 13.9 Å². The summed E-state index contributed by atoms with van der Waals surface area (Å²) in [4.78, 5) is 29.7. The van der Waals surface area contributed by atoms with Crippen LogP contribution in [0.5, 0.6) is 0 Å². The molecular formula is C34H35Cl2N3O4S. The normalized spacial score (nSPS) is 14.8. The number of rotatable bonds is 12. The second-order valence-electron chi connectivity index (χ2n) is 11.1. The first-order valence-electron chi connectivity index (χ1n) is 14.7. The zero-order valence-electron chi connectivity index (χ0n) is 24.7. The summed E-state index contributed by atoms with van der Waals surface area (Å²) in [7, 11) is -3.75. The third-order valence-electron chi connectivity index (χ3n) is 8.06. The Kier molecular flexibility index (Phi) is 9.83. The summed E-state index contributed by atoms with van der Waals surface area (Å²) in [5, 5.41) is 5.46. The Balaban J connectivity index is 1.42. The van der Waals surface area contributed by atoms with Crippen LogP contribution in [0.2, 0.25) is 10.0 Å². The smallest absolute Gasteiger partial charge is 0.265 e. The van der Waals surface area contributed by atoms with E-state index in [0.29, 0.717) is 33.1 Å². The molecule has 1 heterocycles. The van der Waals surface area contributed by atoms with E-state index in [2.05, 4.69) is 5.32 Å². The highest BCUT2D eigenvalue weighted by Gasteiger charge is 2.36. The fraction of sp³-hybridized carbons (Fsp3) is 0.294. The van der Waals surface area contributed by atoms with Gasteiger partial charge < -0.3 is 10.2 Å². The van der Waals surface area contributed by atoms with Crippen LogP contribution < -0.4 is 9.62 Å². The van der Waals surface area contributed by atoms with Crippen molar-refractivity contribution in [2.24, 2.45) is 0 Å². The summed E-state index contributed by atoms with van der Waals surface area (Å²) in [6.45, 7) is 4.13. The van der Waals surface area contributed by atoms with E-state index in [1.165, 1.54) is 4.31 Å². The highest BCUT2D eigenvalue weighted by molar-refractivity contribution is 7.93. The molecule has 0 bridgehead atoms. The van der Waals surface area contributed by atoms with Crippen molar-refractivity contribution in [1.82, 2.24) is 10.2 Å². The number of amides is 2. The largest absolute Gasteiger partial charge is 0.352 e. The zero-order chi connectivity index (χ0) is 31.4. The first-order chi connectivity index (χ1) is 21.1. The maximum Gasteiger partial charge on any atom is 0.265 e. The lowest BCUT2D eigenvalue weighted by Gasteiger charge is -2.33. The Morgan fingerprint density at radius 1 is 0.955 bits per heavy atom. The van der Waals surface area contributed by atoms with E-state index in [-0.39, 0.29) is 48.7 Å². The topological polar surface area (TPSA) is 86.8 Å². The van der Waals surface area contributed by atoms with Crippen molar-refractivity contribution < 1.29 is 18.0 Å². The molecule has 4 aromatic rings. The van der Waals surface area contributed by atoms with Gasteiger partial charge in [0.05, 0.1) is 10.6 Å². The molecule has 4 aromatic carbocycles. The van der Waals surface area contributed by atoms with Gasteiger partial charge in [-0.1, -0.05) is 90.8 Å². The predicted molar refractivity (Wildman–Crippen MR) is 177 cm³/mol. The summed E-state index contributed by atoms with van der Waals surface area (Å²) in [6, 6.07) is 24.5. The number of nitrogens with zero attached hydrogens (tertiary/aromatic N) is 2. The van der Waals surface area contributed by atoms with Gasteiger partial charge >= 0.3 is 0 Å². The van der Waals surface area contributed by atoms with Crippen LogP contribution in [0.25, 0.3) is 10.8 Å². The number of carbonyl (C=O) groups is 2. The molecule has 2 atom stereocenters. The van der Waals surface area contributed by atoms with E-state index >= 15 is 0 Å². The Bertz CT molecular complexity index is 1780. The van der Waals surface area contributed by atoms with Gasteiger partial charge in [0.1, 0.15) is 6.04 Å². The van der Waals surface area contributed by atoms with Crippen LogP contribution >= 0.6 is 23.2 Å². The lowest BCUT2D eigenvalue weighted by atomic mass is 10.0. The summed E-state index contributed by atoms with van der Waals surface area (Å²) in [6.07, 6.45) is 1.34. The van der Waals surface area contributed by atoms with Crippen molar-refractivity contribution in [3.05, 3.63) is 106 Å². The van der Waals surface area contributed by atoms with Crippen molar-refractivity contribution in [3.8, 4) is 0 Å². The van der Waals surface area contributed by atoms with Crippen LogP contribution in [0.15, 0.2) is 89.8 Å². The van der Waals surface area contributed by atoms with Gasteiger partial charge in [0, 0.05) is 47.4 Å². The molecule has 1 aliphatic rings. The Labute approximate surface area is 268 Å². The van der Waals surface area contributed by atoms with E-state index in [4.69, 9.17) is 23.2 Å². The SMILES string of the molecule is CC[C@@H](C)NC(=O)[C@@H](Cc1ccccc1)N(Cc1ccc(Cl)cc1Cl)C(=O)CCCN1c2cccc3cccc(c23)S1(=O)=O. The van der Waals surface area contributed by atoms with Crippen LogP contribution in [0.4, 0.5) is 5.69 Å². The maximum absolute atomic E-state index is 14.1. The molecule has 230 valence electrons. The molecule has 0 radical (unpaired) electrons. The number of benzene rings is 4. The first-order valence-corrected chi connectivity index (χ1v) is 16.9. The highest BCUT2D eigenvalue weighted by atomic mass is 35.5. The minimum absolute atomic E-state index is 0.0332. The molecule has 0 saturated carbocycles. The summed E-state index contributed by atoms with van der Waals surface area (Å²) in [5.41, 5.74) is 2.18. The Hall–Kier alpha value is -3.59. The van der Waals surface area contributed by atoms with Gasteiger partial charge in [-0.05, 0) is 60.5 Å². The molecule has 1 N–H and O–H groups in total. The Morgan fingerprint density at radius 2 is 1.68 bits per heavy atom. The standard InChI is InChI=1S/C34H35Cl2N3O4S/c1-3-23(2)37-34(41)30(20-24-10-5-4-6-11-24)38(22-26-17-18-27(35)21-28(26)36)32(40)16-9-19-39-29-14-7-12-25-13-8-15-31(33(25)29)44(39,42)43/h4-8,10-15,17-18,21,23,30H,3,9,16,19-20,22H2,1-2H3,(H,37,41)/t23-,30-/m1/s1. The van der Waals surface area contributed by atoms with Gasteiger partial charge in [0.25, 0.3) is 10.0 Å². The number of sulfonamides is 1.